The minimum Gasteiger partial charge on any atom is -0.331 e. The van der Waals surface area contributed by atoms with Crippen LogP contribution in [0, 0.1) is 6.92 Å². The van der Waals surface area contributed by atoms with E-state index < -0.39 is 10.0 Å². The van der Waals surface area contributed by atoms with Gasteiger partial charge in [0.25, 0.3) is 0 Å². The van der Waals surface area contributed by atoms with Crippen molar-refractivity contribution in [2.45, 2.75) is 6.92 Å². The van der Waals surface area contributed by atoms with Crippen LogP contribution in [0.3, 0.4) is 0 Å². The van der Waals surface area contributed by atoms with Crippen LogP contribution < -0.4 is 10.0 Å². The van der Waals surface area contributed by atoms with Crippen molar-refractivity contribution < 1.29 is 8.42 Å². The highest BCUT2D eigenvalue weighted by molar-refractivity contribution is 7.92. The zero-order valence-electron chi connectivity index (χ0n) is 13.3. The first kappa shape index (κ1) is 16.5. The highest BCUT2D eigenvalue weighted by Crippen LogP contribution is 2.28. The van der Waals surface area contributed by atoms with Crippen LogP contribution in [0.1, 0.15) is 5.56 Å². The molecule has 24 heavy (non-hydrogen) atoms. The number of hydrogen-bond acceptors (Lipinski definition) is 5. The second kappa shape index (κ2) is 6.62. The van der Waals surface area contributed by atoms with Crippen molar-refractivity contribution in [3.63, 3.8) is 0 Å². The Bertz CT molecular complexity index is 948. The van der Waals surface area contributed by atoms with Gasteiger partial charge in [-0.3, -0.25) is 4.72 Å². The Morgan fingerprint density at radius 1 is 1.04 bits per heavy atom. The molecule has 2 N–H and O–H groups in total. The molecule has 0 aliphatic carbocycles. The van der Waals surface area contributed by atoms with E-state index in [0.29, 0.717) is 5.69 Å². The first-order chi connectivity index (χ1) is 11.4. The van der Waals surface area contributed by atoms with E-state index in [1.807, 2.05) is 48.7 Å². The fourth-order valence-electron chi connectivity index (χ4n) is 2.22. The van der Waals surface area contributed by atoms with Crippen molar-refractivity contribution in [2.24, 2.45) is 0 Å². The Morgan fingerprint density at radius 2 is 1.75 bits per heavy atom. The van der Waals surface area contributed by atoms with Crippen LogP contribution >= 0.6 is 11.3 Å². The van der Waals surface area contributed by atoms with Gasteiger partial charge in [0.1, 0.15) is 0 Å². The highest BCUT2D eigenvalue weighted by Gasteiger charge is 2.07. The van der Waals surface area contributed by atoms with Gasteiger partial charge >= 0.3 is 0 Å². The molecule has 1 heterocycles. The maximum atomic E-state index is 11.2. The minimum atomic E-state index is -3.26. The molecular weight excluding hydrogens is 342 g/mol. The molecule has 0 atom stereocenters. The van der Waals surface area contributed by atoms with Gasteiger partial charge in [-0.05, 0) is 30.7 Å². The SMILES string of the molecule is Cc1ccccc1Nc1nc(-c2ccc(NS(C)(=O)=O)cc2)cs1. The van der Waals surface area contributed by atoms with Crippen molar-refractivity contribution in [3.8, 4) is 11.3 Å². The Morgan fingerprint density at radius 3 is 2.42 bits per heavy atom. The van der Waals surface area contributed by atoms with Gasteiger partial charge in [-0.1, -0.05) is 30.3 Å². The lowest BCUT2D eigenvalue weighted by molar-refractivity contribution is 0.607. The maximum Gasteiger partial charge on any atom is 0.229 e. The molecule has 5 nitrogen and oxygen atoms in total. The number of thiazole rings is 1. The molecule has 2 aromatic carbocycles. The van der Waals surface area contributed by atoms with Crippen LogP contribution in [0.2, 0.25) is 0 Å². The summed E-state index contributed by atoms with van der Waals surface area (Å²) in [4.78, 5) is 4.59. The maximum absolute atomic E-state index is 11.2. The van der Waals surface area contributed by atoms with E-state index in [4.69, 9.17) is 0 Å². The molecule has 0 amide bonds. The van der Waals surface area contributed by atoms with E-state index in [2.05, 4.69) is 15.0 Å². The molecule has 0 aliphatic heterocycles. The summed E-state index contributed by atoms with van der Waals surface area (Å²) in [6.07, 6.45) is 1.13. The quantitative estimate of drug-likeness (QED) is 0.715. The monoisotopic (exact) mass is 359 g/mol. The predicted octanol–water partition coefficient (Wildman–Crippen LogP) is 4.23. The number of hydrogen-bond donors (Lipinski definition) is 2. The number of para-hydroxylation sites is 1. The van der Waals surface area contributed by atoms with Gasteiger partial charge in [-0.15, -0.1) is 11.3 Å². The van der Waals surface area contributed by atoms with Crippen molar-refractivity contribution in [2.75, 3.05) is 16.3 Å². The van der Waals surface area contributed by atoms with Crippen LogP contribution in [0.15, 0.2) is 53.9 Å². The molecule has 0 fully saturated rings. The van der Waals surface area contributed by atoms with Crippen molar-refractivity contribution in [3.05, 3.63) is 59.5 Å². The average Bonchev–Trinajstić information content (AvgIpc) is 2.97. The van der Waals surface area contributed by atoms with E-state index in [-0.39, 0.29) is 0 Å². The van der Waals surface area contributed by atoms with E-state index in [0.717, 1.165) is 33.9 Å². The summed E-state index contributed by atoms with van der Waals surface area (Å²) in [6, 6.07) is 15.2. The number of aryl methyl sites for hydroxylation is 1. The van der Waals surface area contributed by atoms with Gasteiger partial charge in [0.15, 0.2) is 5.13 Å². The smallest absolute Gasteiger partial charge is 0.229 e. The third-order valence-electron chi connectivity index (χ3n) is 3.37. The predicted molar refractivity (Wildman–Crippen MR) is 100 cm³/mol. The standard InChI is InChI=1S/C17H17N3O2S2/c1-12-5-3-4-6-15(12)18-17-19-16(11-23-17)13-7-9-14(10-8-13)20-24(2,21)22/h3-11,20H,1-2H3,(H,18,19). The number of benzene rings is 2. The third kappa shape index (κ3) is 4.12. The summed E-state index contributed by atoms with van der Waals surface area (Å²) < 4.78 is 24.9. The molecule has 0 saturated heterocycles. The first-order valence-electron chi connectivity index (χ1n) is 7.27. The molecular formula is C17H17N3O2S2. The summed E-state index contributed by atoms with van der Waals surface area (Å²) in [5.41, 5.74) is 4.51. The number of anilines is 3. The van der Waals surface area contributed by atoms with Gasteiger partial charge in [0.2, 0.25) is 10.0 Å². The van der Waals surface area contributed by atoms with E-state index in [1.165, 1.54) is 11.3 Å². The second-order valence-electron chi connectivity index (χ2n) is 5.43. The van der Waals surface area contributed by atoms with Gasteiger partial charge in [-0.2, -0.15) is 0 Å². The molecule has 3 rings (SSSR count). The largest absolute Gasteiger partial charge is 0.331 e. The zero-order chi connectivity index (χ0) is 17.2. The third-order valence-corrected chi connectivity index (χ3v) is 4.74. The van der Waals surface area contributed by atoms with Crippen molar-refractivity contribution in [1.82, 2.24) is 4.98 Å². The molecule has 1 aromatic heterocycles. The summed E-state index contributed by atoms with van der Waals surface area (Å²) in [6.45, 7) is 2.05. The Labute approximate surface area is 145 Å². The second-order valence-corrected chi connectivity index (χ2v) is 8.04. The van der Waals surface area contributed by atoms with Crippen LogP contribution in [0.25, 0.3) is 11.3 Å². The van der Waals surface area contributed by atoms with Gasteiger partial charge in [-0.25, -0.2) is 13.4 Å². The van der Waals surface area contributed by atoms with E-state index in [9.17, 15) is 8.42 Å². The number of nitrogens with one attached hydrogen (secondary N) is 2. The number of aromatic nitrogens is 1. The molecule has 0 radical (unpaired) electrons. The molecule has 0 aliphatic rings. The molecule has 3 aromatic rings. The van der Waals surface area contributed by atoms with Gasteiger partial charge in [0.05, 0.1) is 11.9 Å². The molecule has 0 unspecified atom stereocenters. The number of nitrogens with zero attached hydrogens (tertiary/aromatic N) is 1. The molecule has 7 heteroatoms. The number of rotatable bonds is 5. The lowest BCUT2D eigenvalue weighted by Crippen LogP contribution is -2.09. The topological polar surface area (TPSA) is 71.1 Å². The molecule has 124 valence electrons. The van der Waals surface area contributed by atoms with E-state index >= 15 is 0 Å². The van der Waals surface area contributed by atoms with Gasteiger partial charge in [0, 0.05) is 22.3 Å². The molecule has 0 spiro atoms. The van der Waals surface area contributed by atoms with E-state index in [1.54, 1.807) is 12.1 Å². The molecule has 0 bridgehead atoms. The molecule has 0 saturated carbocycles. The Hall–Kier alpha value is -2.38. The lowest BCUT2D eigenvalue weighted by atomic mass is 10.1. The van der Waals surface area contributed by atoms with Gasteiger partial charge < -0.3 is 5.32 Å². The lowest BCUT2D eigenvalue weighted by Gasteiger charge is -2.06. The Kier molecular flexibility index (Phi) is 4.55. The summed E-state index contributed by atoms with van der Waals surface area (Å²) in [5, 5.41) is 6.11. The first-order valence-corrected chi connectivity index (χ1v) is 10.0. The summed E-state index contributed by atoms with van der Waals surface area (Å²) >= 11 is 1.53. The van der Waals surface area contributed by atoms with Crippen LogP contribution in [-0.2, 0) is 10.0 Å². The van der Waals surface area contributed by atoms with Crippen molar-refractivity contribution >= 4 is 37.9 Å². The average molecular weight is 359 g/mol. The zero-order valence-corrected chi connectivity index (χ0v) is 14.9. The van der Waals surface area contributed by atoms with Crippen LogP contribution in [0.5, 0.6) is 0 Å². The summed E-state index contributed by atoms with van der Waals surface area (Å²) in [5.74, 6) is 0. The highest BCUT2D eigenvalue weighted by atomic mass is 32.2. The Balaban J connectivity index is 1.77. The normalized spacial score (nSPS) is 11.2. The minimum absolute atomic E-state index is 0.537. The number of sulfonamides is 1. The van der Waals surface area contributed by atoms with Crippen molar-refractivity contribution in [1.29, 1.82) is 0 Å². The summed E-state index contributed by atoms with van der Waals surface area (Å²) in [7, 11) is -3.26. The fraction of sp³-hybridized carbons (Fsp3) is 0.118. The van der Waals surface area contributed by atoms with Crippen LogP contribution in [0.4, 0.5) is 16.5 Å². The van der Waals surface area contributed by atoms with Crippen LogP contribution in [-0.4, -0.2) is 19.7 Å². The fourth-order valence-corrected chi connectivity index (χ4v) is 3.51.